The van der Waals surface area contributed by atoms with E-state index in [1.54, 1.807) is 6.07 Å². The smallest absolute Gasteiger partial charge is 0.180 e. The van der Waals surface area contributed by atoms with E-state index in [1.165, 1.54) is 12.8 Å². The van der Waals surface area contributed by atoms with Crippen LogP contribution in [0, 0.1) is 11.8 Å². The summed E-state index contributed by atoms with van der Waals surface area (Å²) >= 11 is 0. The zero-order valence-corrected chi connectivity index (χ0v) is 13.5. The summed E-state index contributed by atoms with van der Waals surface area (Å²) in [5.74, 6) is 1.69. The first-order valence-electron chi connectivity index (χ1n) is 8.68. The van der Waals surface area contributed by atoms with Crippen LogP contribution in [0.15, 0.2) is 18.2 Å². The molecular weight excluding hydrogens is 274 g/mol. The SMILES string of the molecule is CC[C@@]12CCN(CC3CC3)[C@H](C(=O)c3ccc(O)cc31)[C@@H]2C. The maximum atomic E-state index is 13.1. The summed E-state index contributed by atoms with van der Waals surface area (Å²) in [6.07, 6.45) is 4.79. The zero-order chi connectivity index (χ0) is 15.5. The van der Waals surface area contributed by atoms with Crippen LogP contribution in [-0.2, 0) is 5.41 Å². The molecule has 1 N–H and O–H groups in total. The Morgan fingerprint density at radius 1 is 1.36 bits per heavy atom. The Morgan fingerprint density at radius 3 is 2.82 bits per heavy atom. The highest BCUT2D eigenvalue weighted by atomic mass is 16.3. The lowest BCUT2D eigenvalue weighted by atomic mass is 9.56. The van der Waals surface area contributed by atoms with Crippen LogP contribution in [-0.4, -0.2) is 34.9 Å². The fourth-order valence-electron chi connectivity index (χ4n) is 4.95. The number of aromatic hydroxyl groups is 1. The Kier molecular flexibility index (Phi) is 3.12. The number of hydrogen-bond donors (Lipinski definition) is 1. The molecule has 1 heterocycles. The van der Waals surface area contributed by atoms with Gasteiger partial charge in [0.15, 0.2) is 5.78 Å². The molecule has 1 saturated carbocycles. The molecule has 4 rings (SSSR count). The Hall–Kier alpha value is -1.35. The van der Waals surface area contributed by atoms with Crippen LogP contribution >= 0.6 is 0 Å². The van der Waals surface area contributed by atoms with E-state index in [-0.39, 0.29) is 23.0 Å². The summed E-state index contributed by atoms with van der Waals surface area (Å²) in [5, 5.41) is 9.93. The lowest BCUT2D eigenvalue weighted by molar-refractivity contribution is 0.0196. The van der Waals surface area contributed by atoms with Crippen LogP contribution in [0.5, 0.6) is 5.75 Å². The molecule has 22 heavy (non-hydrogen) atoms. The molecule has 1 aliphatic heterocycles. The highest BCUT2D eigenvalue weighted by Crippen LogP contribution is 2.51. The van der Waals surface area contributed by atoms with Crippen molar-refractivity contribution in [2.45, 2.75) is 51.0 Å². The van der Waals surface area contributed by atoms with Crippen LogP contribution in [0.2, 0.25) is 0 Å². The fourth-order valence-corrected chi connectivity index (χ4v) is 4.95. The second kappa shape index (κ2) is 4.82. The Bertz CT molecular complexity index is 622. The standard InChI is InChI=1S/C19H25NO2/c1-3-19-8-9-20(11-13-4-5-13)17(12(19)2)18(22)15-7-6-14(21)10-16(15)19/h6-7,10,12-13,17,21H,3-5,8-9,11H2,1-2H3/t12-,17-,19-/m0/s1. The number of hydrogen-bond acceptors (Lipinski definition) is 3. The van der Waals surface area contributed by atoms with Gasteiger partial charge in [0, 0.05) is 17.5 Å². The van der Waals surface area contributed by atoms with Crippen molar-refractivity contribution < 1.29 is 9.90 Å². The summed E-state index contributed by atoms with van der Waals surface area (Å²) < 4.78 is 0. The van der Waals surface area contributed by atoms with Crippen LogP contribution in [0.4, 0.5) is 0 Å². The van der Waals surface area contributed by atoms with Crippen molar-refractivity contribution in [1.29, 1.82) is 0 Å². The van der Waals surface area contributed by atoms with Gasteiger partial charge in [-0.05, 0) is 67.8 Å². The van der Waals surface area contributed by atoms with Crippen molar-refractivity contribution in [3.63, 3.8) is 0 Å². The first-order chi connectivity index (χ1) is 10.6. The third-order valence-corrected chi connectivity index (χ3v) is 6.48. The number of fused-ring (bicyclic) bond motifs is 4. The molecule has 3 heteroatoms. The van der Waals surface area contributed by atoms with Crippen LogP contribution < -0.4 is 0 Å². The molecule has 0 spiro atoms. The molecule has 3 aliphatic rings. The lowest BCUT2D eigenvalue weighted by Crippen LogP contribution is -2.61. The maximum absolute atomic E-state index is 13.1. The number of benzene rings is 1. The number of piperidine rings is 1. The minimum absolute atomic E-state index is 0.0337. The monoisotopic (exact) mass is 299 g/mol. The second-order valence-electron chi connectivity index (χ2n) is 7.53. The van der Waals surface area contributed by atoms with E-state index in [9.17, 15) is 9.90 Å². The van der Waals surface area contributed by atoms with E-state index in [0.717, 1.165) is 43.0 Å². The van der Waals surface area contributed by atoms with Gasteiger partial charge in [-0.2, -0.15) is 0 Å². The van der Waals surface area contributed by atoms with Gasteiger partial charge in [0.05, 0.1) is 6.04 Å². The third-order valence-electron chi connectivity index (χ3n) is 6.48. The van der Waals surface area contributed by atoms with E-state index < -0.39 is 0 Å². The third kappa shape index (κ3) is 1.88. The predicted octanol–water partition coefficient (Wildman–Crippen LogP) is 3.36. The number of Topliss-reactive ketones (excluding diaryl/α,β-unsaturated/α-hetero) is 1. The van der Waals surface area contributed by atoms with Gasteiger partial charge < -0.3 is 5.11 Å². The lowest BCUT2D eigenvalue weighted by Gasteiger charge is -2.55. The summed E-state index contributed by atoms with van der Waals surface area (Å²) in [7, 11) is 0. The van der Waals surface area contributed by atoms with Gasteiger partial charge in [-0.3, -0.25) is 9.69 Å². The van der Waals surface area contributed by atoms with Crippen molar-refractivity contribution >= 4 is 5.78 Å². The van der Waals surface area contributed by atoms with Crippen LogP contribution in [0.25, 0.3) is 0 Å². The minimum atomic E-state index is 0.0337. The van der Waals surface area contributed by atoms with Crippen molar-refractivity contribution in [1.82, 2.24) is 4.90 Å². The highest BCUT2D eigenvalue weighted by Gasteiger charge is 2.54. The average molecular weight is 299 g/mol. The summed E-state index contributed by atoms with van der Waals surface area (Å²) in [6.45, 7) is 6.58. The van der Waals surface area contributed by atoms with Crippen molar-refractivity contribution in [2.24, 2.45) is 11.8 Å². The van der Waals surface area contributed by atoms with Crippen LogP contribution in [0.1, 0.15) is 55.5 Å². The van der Waals surface area contributed by atoms with Gasteiger partial charge in [0.1, 0.15) is 5.75 Å². The van der Waals surface area contributed by atoms with Gasteiger partial charge in [0.2, 0.25) is 0 Å². The summed E-state index contributed by atoms with van der Waals surface area (Å²) in [5.41, 5.74) is 1.99. The van der Waals surface area contributed by atoms with Gasteiger partial charge in [0.25, 0.3) is 0 Å². The molecule has 1 aromatic carbocycles. The number of ketones is 1. The predicted molar refractivity (Wildman–Crippen MR) is 86.3 cm³/mol. The first kappa shape index (κ1) is 14.3. The molecule has 2 fully saturated rings. The van der Waals surface area contributed by atoms with Gasteiger partial charge in [-0.25, -0.2) is 0 Å². The normalized spacial score (nSPS) is 34.5. The quantitative estimate of drug-likeness (QED) is 0.930. The van der Waals surface area contributed by atoms with Gasteiger partial charge >= 0.3 is 0 Å². The molecule has 1 aromatic rings. The van der Waals surface area contributed by atoms with Crippen molar-refractivity contribution in [2.75, 3.05) is 13.1 Å². The van der Waals surface area contributed by atoms with E-state index in [0.29, 0.717) is 5.92 Å². The highest BCUT2D eigenvalue weighted by molar-refractivity contribution is 6.03. The molecule has 0 unspecified atom stereocenters. The molecular formula is C19H25NO2. The maximum Gasteiger partial charge on any atom is 0.180 e. The number of carbonyl (C=O) groups is 1. The largest absolute Gasteiger partial charge is 0.508 e. The zero-order valence-electron chi connectivity index (χ0n) is 13.5. The minimum Gasteiger partial charge on any atom is -0.508 e. The number of carbonyl (C=O) groups excluding carboxylic acids is 1. The molecule has 0 radical (unpaired) electrons. The van der Waals surface area contributed by atoms with E-state index in [4.69, 9.17) is 0 Å². The van der Waals surface area contributed by atoms with E-state index in [1.807, 2.05) is 12.1 Å². The topological polar surface area (TPSA) is 40.5 Å². The first-order valence-corrected chi connectivity index (χ1v) is 8.68. The van der Waals surface area contributed by atoms with Gasteiger partial charge in [-0.1, -0.05) is 13.8 Å². The molecule has 2 bridgehead atoms. The second-order valence-corrected chi connectivity index (χ2v) is 7.53. The Balaban J connectivity index is 1.81. The molecule has 0 aromatic heterocycles. The van der Waals surface area contributed by atoms with Crippen LogP contribution in [0.3, 0.4) is 0 Å². The van der Waals surface area contributed by atoms with Gasteiger partial charge in [-0.15, -0.1) is 0 Å². The van der Waals surface area contributed by atoms with E-state index in [2.05, 4.69) is 18.7 Å². The number of rotatable bonds is 3. The van der Waals surface area contributed by atoms with Crippen molar-refractivity contribution in [3.8, 4) is 5.75 Å². The van der Waals surface area contributed by atoms with E-state index >= 15 is 0 Å². The number of phenols is 1. The molecule has 2 aliphatic carbocycles. The average Bonchev–Trinajstić information content (AvgIpc) is 3.30. The van der Waals surface area contributed by atoms with Crippen molar-refractivity contribution in [3.05, 3.63) is 29.3 Å². The molecule has 3 atom stereocenters. The summed E-state index contributed by atoms with van der Waals surface area (Å²) in [4.78, 5) is 15.5. The fraction of sp³-hybridized carbons (Fsp3) is 0.632. The molecule has 118 valence electrons. The molecule has 1 saturated heterocycles. The number of nitrogens with zero attached hydrogens (tertiary/aromatic N) is 1. The number of likely N-dealkylation sites (tertiary alicyclic amines) is 1. The Morgan fingerprint density at radius 2 is 2.14 bits per heavy atom. The summed E-state index contributed by atoms with van der Waals surface area (Å²) in [6, 6.07) is 5.39. The number of phenolic OH excluding ortho intramolecular Hbond substituents is 1. The molecule has 0 amide bonds. The molecule has 3 nitrogen and oxygen atoms in total. The Labute approximate surface area is 132 Å².